The van der Waals surface area contributed by atoms with Crippen LogP contribution in [0.1, 0.15) is 25.0 Å². The van der Waals surface area contributed by atoms with E-state index in [4.69, 9.17) is 0 Å². The first-order chi connectivity index (χ1) is 13.8. The summed E-state index contributed by atoms with van der Waals surface area (Å²) in [6, 6.07) is 14.1. The second-order valence-electron chi connectivity index (χ2n) is 7.18. The maximum atomic E-state index is 12.5. The molecule has 0 aliphatic carbocycles. The van der Waals surface area contributed by atoms with Crippen molar-refractivity contribution in [1.82, 2.24) is 10.6 Å². The molecule has 0 saturated carbocycles. The fourth-order valence-electron chi connectivity index (χ4n) is 2.75. The summed E-state index contributed by atoms with van der Waals surface area (Å²) in [5.74, 6) is -1.08. The summed E-state index contributed by atoms with van der Waals surface area (Å²) < 4.78 is 0.954. The zero-order valence-corrected chi connectivity index (χ0v) is 18.4. The van der Waals surface area contributed by atoms with Crippen molar-refractivity contribution < 1.29 is 14.4 Å². The Hall–Kier alpha value is -2.67. The summed E-state index contributed by atoms with van der Waals surface area (Å²) >= 11 is 3.41. The van der Waals surface area contributed by atoms with Gasteiger partial charge in [0.2, 0.25) is 17.7 Å². The number of benzene rings is 2. The third-order valence-corrected chi connectivity index (χ3v) is 5.23. The van der Waals surface area contributed by atoms with Crippen molar-refractivity contribution in [2.24, 2.45) is 5.92 Å². The first-order valence-electron chi connectivity index (χ1n) is 9.43. The number of hydrogen-bond acceptors (Lipinski definition) is 3. The molecular weight excluding hydrogens is 434 g/mol. The van der Waals surface area contributed by atoms with Gasteiger partial charge < -0.3 is 16.0 Å². The van der Waals surface area contributed by atoms with Crippen molar-refractivity contribution in [3.05, 3.63) is 64.1 Å². The molecule has 3 amide bonds. The van der Waals surface area contributed by atoms with E-state index < -0.39 is 6.04 Å². The van der Waals surface area contributed by atoms with Gasteiger partial charge in [-0.2, -0.15) is 0 Å². The lowest BCUT2D eigenvalue weighted by molar-refractivity contribution is -0.130. The van der Waals surface area contributed by atoms with Crippen LogP contribution < -0.4 is 16.0 Å². The number of carbonyl (C=O) groups is 3. The first kappa shape index (κ1) is 22.6. The Morgan fingerprint density at radius 3 is 2.31 bits per heavy atom. The molecule has 154 valence electrons. The van der Waals surface area contributed by atoms with E-state index in [1.54, 1.807) is 6.07 Å². The molecule has 0 radical (unpaired) electrons. The number of amides is 3. The highest BCUT2D eigenvalue weighted by Gasteiger charge is 2.24. The second kappa shape index (κ2) is 10.8. The quantitative estimate of drug-likeness (QED) is 0.566. The van der Waals surface area contributed by atoms with Crippen LogP contribution in [0.4, 0.5) is 5.69 Å². The predicted molar refractivity (Wildman–Crippen MR) is 117 cm³/mol. The highest BCUT2D eigenvalue weighted by molar-refractivity contribution is 9.10. The molecule has 0 fully saturated rings. The van der Waals surface area contributed by atoms with Gasteiger partial charge in [0.15, 0.2) is 0 Å². The topological polar surface area (TPSA) is 87.3 Å². The largest absolute Gasteiger partial charge is 0.345 e. The van der Waals surface area contributed by atoms with Gasteiger partial charge in [-0.05, 0) is 42.2 Å². The molecule has 0 bridgehead atoms. The lowest BCUT2D eigenvalue weighted by Crippen LogP contribution is -2.51. The minimum Gasteiger partial charge on any atom is -0.345 e. The Morgan fingerprint density at radius 2 is 1.69 bits per heavy atom. The van der Waals surface area contributed by atoms with E-state index in [0.29, 0.717) is 5.69 Å². The van der Waals surface area contributed by atoms with Crippen LogP contribution in [0.2, 0.25) is 0 Å². The van der Waals surface area contributed by atoms with Crippen molar-refractivity contribution in [1.29, 1.82) is 0 Å². The molecule has 1 atom stereocenters. The molecule has 0 aliphatic rings. The van der Waals surface area contributed by atoms with E-state index in [-0.39, 0.29) is 36.6 Å². The highest BCUT2D eigenvalue weighted by Crippen LogP contribution is 2.19. The Kier molecular flexibility index (Phi) is 8.39. The summed E-state index contributed by atoms with van der Waals surface area (Å²) in [5, 5.41) is 8.11. The van der Waals surface area contributed by atoms with E-state index in [9.17, 15) is 14.4 Å². The summed E-state index contributed by atoms with van der Waals surface area (Å²) in [4.78, 5) is 37.0. The molecule has 0 saturated heterocycles. The first-order valence-corrected chi connectivity index (χ1v) is 10.2. The van der Waals surface area contributed by atoms with Crippen LogP contribution in [0.5, 0.6) is 0 Å². The minimum atomic E-state index is -0.714. The lowest BCUT2D eigenvalue weighted by atomic mass is 10.0. The molecule has 0 aromatic heterocycles. The highest BCUT2D eigenvalue weighted by atomic mass is 79.9. The maximum Gasteiger partial charge on any atom is 0.243 e. The molecular formula is C22H26BrN3O3. The lowest BCUT2D eigenvalue weighted by Gasteiger charge is -2.21. The van der Waals surface area contributed by atoms with Gasteiger partial charge in [0.25, 0.3) is 0 Å². The Balaban J connectivity index is 1.87. The van der Waals surface area contributed by atoms with Gasteiger partial charge in [-0.3, -0.25) is 14.4 Å². The Morgan fingerprint density at radius 1 is 1.00 bits per heavy atom. The number of anilines is 1. The molecule has 2 rings (SSSR count). The van der Waals surface area contributed by atoms with Gasteiger partial charge in [0.1, 0.15) is 6.04 Å². The minimum absolute atomic E-state index is 0.119. The molecule has 29 heavy (non-hydrogen) atoms. The third-order valence-electron chi connectivity index (χ3n) is 4.34. The molecule has 0 spiro atoms. The van der Waals surface area contributed by atoms with Gasteiger partial charge in [0, 0.05) is 10.2 Å². The molecule has 1 unspecified atom stereocenters. The second-order valence-corrected chi connectivity index (χ2v) is 8.04. The summed E-state index contributed by atoms with van der Waals surface area (Å²) in [5.41, 5.74) is 2.52. The van der Waals surface area contributed by atoms with E-state index in [1.165, 1.54) is 0 Å². The molecule has 2 aromatic carbocycles. The summed E-state index contributed by atoms with van der Waals surface area (Å²) in [6.45, 7) is 5.44. The molecule has 3 N–H and O–H groups in total. The van der Waals surface area contributed by atoms with Crippen molar-refractivity contribution in [2.75, 3.05) is 11.9 Å². The number of aryl methyl sites for hydroxylation is 1. The van der Waals surface area contributed by atoms with Crippen LogP contribution in [-0.2, 0) is 20.8 Å². The Bertz CT molecular complexity index is 869. The third kappa shape index (κ3) is 7.34. The van der Waals surface area contributed by atoms with Gasteiger partial charge >= 0.3 is 0 Å². The van der Waals surface area contributed by atoms with Crippen LogP contribution >= 0.6 is 15.9 Å². The van der Waals surface area contributed by atoms with Gasteiger partial charge in [-0.15, -0.1) is 0 Å². The SMILES string of the molecule is Cc1cc(NC(=O)CNC(=O)C(NC(=O)Cc2ccccc2)C(C)C)ccc1Br. The normalized spacial score (nSPS) is 11.6. The van der Waals surface area contributed by atoms with E-state index in [1.807, 2.05) is 63.2 Å². The van der Waals surface area contributed by atoms with Crippen molar-refractivity contribution in [2.45, 2.75) is 33.2 Å². The van der Waals surface area contributed by atoms with Crippen molar-refractivity contribution in [3.8, 4) is 0 Å². The predicted octanol–water partition coefficient (Wildman–Crippen LogP) is 3.20. The summed E-state index contributed by atoms with van der Waals surface area (Å²) in [7, 11) is 0. The molecule has 6 nitrogen and oxygen atoms in total. The van der Waals surface area contributed by atoms with Crippen LogP contribution in [0.25, 0.3) is 0 Å². The smallest absolute Gasteiger partial charge is 0.243 e. The van der Waals surface area contributed by atoms with E-state index >= 15 is 0 Å². The number of rotatable bonds is 8. The maximum absolute atomic E-state index is 12.5. The van der Waals surface area contributed by atoms with Crippen LogP contribution in [0.3, 0.4) is 0 Å². The summed E-state index contributed by atoms with van der Waals surface area (Å²) in [6.07, 6.45) is 0.195. The van der Waals surface area contributed by atoms with Crippen LogP contribution in [0.15, 0.2) is 53.0 Å². The van der Waals surface area contributed by atoms with E-state index in [0.717, 1.165) is 15.6 Å². The fraction of sp³-hybridized carbons (Fsp3) is 0.318. The van der Waals surface area contributed by atoms with Crippen molar-refractivity contribution >= 4 is 39.3 Å². The monoisotopic (exact) mass is 459 g/mol. The Labute approximate surface area is 179 Å². The average molecular weight is 460 g/mol. The molecule has 7 heteroatoms. The molecule has 0 heterocycles. The zero-order valence-electron chi connectivity index (χ0n) is 16.8. The van der Waals surface area contributed by atoms with Gasteiger partial charge in [-0.1, -0.05) is 60.1 Å². The number of halogens is 1. The number of hydrogen-bond donors (Lipinski definition) is 3. The zero-order chi connectivity index (χ0) is 21.4. The standard InChI is InChI=1S/C22H26BrN3O3/c1-14(2)21(26-19(27)12-16-7-5-4-6-8-16)22(29)24-13-20(28)25-17-9-10-18(23)15(3)11-17/h4-11,14,21H,12-13H2,1-3H3,(H,24,29)(H,25,28)(H,26,27). The molecule has 2 aromatic rings. The fourth-order valence-corrected chi connectivity index (χ4v) is 2.99. The van der Waals surface area contributed by atoms with Crippen LogP contribution in [-0.4, -0.2) is 30.3 Å². The molecule has 0 aliphatic heterocycles. The number of carbonyl (C=O) groups excluding carboxylic acids is 3. The average Bonchev–Trinajstić information content (AvgIpc) is 2.67. The number of nitrogens with one attached hydrogen (secondary N) is 3. The van der Waals surface area contributed by atoms with Crippen LogP contribution in [0, 0.1) is 12.8 Å². The van der Waals surface area contributed by atoms with Crippen molar-refractivity contribution in [3.63, 3.8) is 0 Å². The van der Waals surface area contributed by atoms with Gasteiger partial charge in [-0.25, -0.2) is 0 Å². The van der Waals surface area contributed by atoms with E-state index in [2.05, 4.69) is 31.9 Å². The van der Waals surface area contributed by atoms with Gasteiger partial charge in [0.05, 0.1) is 13.0 Å².